The zero-order chi connectivity index (χ0) is 13.1. The Kier molecular flexibility index (Phi) is 3.80. The molecule has 1 saturated heterocycles. The first-order valence-electron chi connectivity index (χ1n) is 6.50. The van der Waals surface area contributed by atoms with Gasteiger partial charge in [-0.05, 0) is 44.7 Å². The molecule has 1 fully saturated rings. The molecule has 0 radical (unpaired) electrons. The van der Waals surface area contributed by atoms with Crippen LogP contribution in [-0.4, -0.2) is 29.7 Å². The van der Waals surface area contributed by atoms with E-state index in [0.29, 0.717) is 5.56 Å². The Morgan fingerprint density at radius 2 is 1.72 bits per heavy atom. The molecule has 0 atom stereocenters. The summed E-state index contributed by atoms with van der Waals surface area (Å²) in [6.07, 6.45) is 3.17. The molecule has 96 valence electrons. The Hall–Kier alpha value is -1.64. The Labute approximate surface area is 108 Å². The van der Waals surface area contributed by atoms with Gasteiger partial charge in [0.05, 0.1) is 0 Å². The fraction of sp³-hybridized carbons (Fsp3) is 0.467. The third kappa shape index (κ3) is 2.61. The number of Topliss-reactive ketones (excluding diaryl/α,β-unsaturated/α-hetero) is 1. The van der Waals surface area contributed by atoms with Crippen molar-refractivity contribution in [2.45, 2.75) is 33.1 Å². The van der Waals surface area contributed by atoms with Crippen LogP contribution in [0.4, 0.5) is 0 Å². The van der Waals surface area contributed by atoms with E-state index in [0.717, 1.165) is 43.5 Å². The van der Waals surface area contributed by atoms with Gasteiger partial charge in [0.15, 0.2) is 0 Å². The lowest BCUT2D eigenvalue weighted by Crippen LogP contribution is -2.40. The fourth-order valence-corrected chi connectivity index (χ4v) is 2.34. The van der Waals surface area contributed by atoms with E-state index in [2.05, 4.69) is 0 Å². The van der Waals surface area contributed by atoms with Gasteiger partial charge >= 0.3 is 0 Å². The van der Waals surface area contributed by atoms with Crippen LogP contribution in [0.25, 0.3) is 0 Å². The van der Waals surface area contributed by atoms with Crippen LogP contribution in [0.15, 0.2) is 18.2 Å². The van der Waals surface area contributed by atoms with Crippen molar-refractivity contribution < 1.29 is 9.59 Å². The third-order valence-corrected chi connectivity index (χ3v) is 3.48. The first-order valence-corrected chi connectivity index (χ1v) is 6.50. The van der Waals surface area contributed by atoms with E-state index in [1.54, 1.807) is 11.0 Å². The molecule has 18 heavy (non-hydrogen) atoms. The zero-order valence-electron chi connectivity index (χ0n) is 11.0. The molecular weight excluding hydrogens is 226 g/mol. The summed E-state index contributed by atoms with van der Waals surface area (Å²) in [4.78, 5) is 26.1. The van der Waals surface area contributed by atoms with Gasteiger partial charge in [-0.3, -0.25) is 9.59 Å². The SMILES string of the molecule is Cc1ccc(C)c(C(=O)C(=O)N2CCCCC2)c1. The molecule has 3 heteroatoms. The topological polar surface area (TPSA) is 37.4 Å². The highest BCUT2D eigenvalue weighted by Gasteiger charge is 2.25. The van der Waals surface area contributed by atoms with Gasteiger partial charge in [0.1, 0.15) is 0 Å². The lowest BCUT2D eigenvalue weighted by Gasteiger charge is -2.26. The molecule has 1 aromatic carbocycles. The summed E-state index contributed by atoms with van der Waals surface area (Å²) in [6, 6.07) is 5.66. The normalized spacial score (nSPS) is 15.6. The third-order valence-electron chi connectivity index (χ3n) is 3.48. The van der Waals surface area contributed by atoms with Gasteiger partial charge in [0.2, 0.25) is 0 Å². The smallest absolute Gasteiger partial charge is 0.294 e. The summed E-state index contributed by atoms with van der Waals surface area (Å²) in [5.74, 6) is -0.707. The number of hydrogen-bond acceptors (Lipinski definition) is 2. The number of likely N-dealkylation sites (tertiary alicyclic amines) is 1. The Morgan fingerprint density at radius 3 is 2.39 bits per heavy atom. The molecule has 0 saturated carbocycles. The molecule has 0 unspecified atom stereocenters. The van der Waals surface area contributed by atoms with Crippen LogP contribution in [0, 0.1) is 13.8 Å². The Bertz CT molecular complexity index is 473. The highest BCUT2D eigenvalue weighted by molar-refractivity contribution is 6.43. The minimum absolute atomic E-state index is 0.344. The van der Waals surface area contributed by atoms with E-state index in [-0.39, 0.29) is 11.7 Å². The van der Waals surface area contributed by atoms with Crippen molar-refractivity contribution in [1.29, 1.82) is 0 Å². The number of hydrogen-bond donors (Lipinski definition) is 0. The van der Waals surface area contributed by atoms with Crippen LogP contribution in [-0.2, 0) is 4.79 Å². The first kappa shape index (κ1) is 12.8. The number of amides is 1. The van der Waals surface area contributed by atoms with Gasteiger partial charge in [-0.1, -0.05) is 17.7 Å². The molecule has 2 rings (SSSR count). The predicted octanol–water partition coefficient (Wildman–Crippen LogP) is 2.50. The molecule has 1 amide bonds. The zero-order valence-corrected chi connectivity index (χ0v) is 11.0. The summed E-state index contributed by atoms with van der Waals surface area (Å²) in [7, 11) is 0. The standard InChI is InChI=1S/C15H19NO2/c1-11-6-7-12(2)13(10-11)14(17)15(18)16-8-4-3-5-9-16/h6-7,10H,3-5,8-9H2,1-2H3. The lowest BCUT2D eigenvalue weighted by molar-refractivity contribution is -0.127. The summed E-state index contributed by atoms with van der Waals surface area (Å²) < 4.78 is 0. The fourth-order valence-electron chi connectivity index (χ4n) is 2.34. The maximum Gasteiger partial charge on any atom is 0.294 e. The second-order valence-corrected chi connectivity index (χ2v) is 5.00. The number of rotatable bonds is 2. The van der Waals surface area contributed by atoms with Gasteiger partial charge < -0.3 is 4.90 Å². The maximum absolute atomic E-state index is 12.2. The molecule has 0 bridgehead atoms. The average Bonchev–Trinajstić information content (AvgIpc) is 2.41. The Balaban J connectivity index is 2.19. The number of piperidine rings is 1. The van der Waals surface area contributed by atoms with Crippen molar-refractivity contribution in [3.63, 3.8) is 0 Å². The van der Waals surface area contributed by atoms with Gasteiger partial charge in [0, 0.05) is 18.7 Å². The van der Waals surface area contributed by atoms with E-state index < -0.39 is 0 Å². The largest absolute Gasteiger partial charge is 0.336 e. The number of benzene rings is 1. The van der Waals surface area contributed by atoms with E-state index in [4.69, 9.17) is 0 Å². The maximum atomic E-state index is 12.2. The number of aryl methyl sites for hydroxylation is 2. The lowest BCUT2D eigenvalue weighted by atomic mass is 10.0. The van der Waals surface area contributed by atoms with Crippen molar-refractivity contribution in [2.24, 2.45) is 0 Å². The van der Waals surface area contributed by atoms with Crippen molar-refractivity contribution >= 4 is 11.7 Å². The summed E-state index contributed by atoms with van der Waals surface area (Å²) in [5.41, 5.74) is 2.43. The van der Waals surface area contributed by atoms with E-state index in [1.165, 1.54) is 0 Å². The van der Waals surface area contributed by atoms with Crippen LogP contribution in [0.5, 0.6) is 0 Å². The monoisotopic (exact) mass is 245 g/mol. The molecule has 0 aliphatic carbocycles. The number of carbonyl (C=O) groups is 2. The van der Waals surface area contributed by atoms with Gasteiger partial charge in [-0.25, -0.2) is 0 Å². The average molecular weight is 245 g/mol. The van der Waals surface area contributed by atoms with Crippen molar-refractivity contribution in [1.82, 2.24) is 4.90 Å². The molecule has 1 aliphatic rings. The van der Waals surface area contributed by atoms with Crippen LogP contribution < -0.4 is 0 Å². The van der Waals surface area contributed by atoms with Crippen molar-refractivity contribution in [2.75, 3.05) is 13.1 Å². The van der Waals surface area contributed by atoms with E-state index >= 15 is 0 Å². The molecular formula is C15H19NO2. The van der Waals surface area contributed by atoms with Crippen LogP contribution in [0.2, 0.25) is 0 Å². The number of carbonyl (C=O) groups excluding carboxylic acids is 2. The van der Waals surface area contributed by atoms with Crippen LogP contribution >= 0.6 is 0 Å². The molecule has 3 nitrogen and oxygen atoms in total. The molecule has 0 aromatic heterocycles. The Morgan fingerprint density at radius 1 is 1.06 bits per heavy atom. The second-order valence-electron chi connectivity index (χ2n) is 5.00. The quantitative estimate of drug-likeness (QED) is 0.593. The molecule has 1 aromatic rings. The summed E-state index contributed by atoms with van der Waals surface area (Å²) in [5, 5.41) is 0. The number of nitrogens with zero attached hydrogens (tertiary/aromatic N) is 1. The molecule has 0 N–H and O–H groups in total. The van der Waals surface area contributed by atoms with Crippen LogP contribution in [0.3, 0.4) is 0 Å². The molecule has 0 spiro atoms. The van der Waals surface area contributed by atoms with Crippen LogP contribution in [0.1, 0.15) is 40.7 Å². The van der Waals surface area contributed by atoms with Gasteiger partial charge in [-0.2, -0.15) is 0 Å². The van der Waals surface area contributed by atoms with Crippen molar-refractivity contribution in [3.05, 3.63) is 34.9 Å². The minimum Gasteiger partial charge on any atom is -0.336 e. The highest BCUT2D eigenvalue weighted by atomic mass is 16.2. The summed E-state index contributed by atoms with van der Waals surface area (Å²) in [6.45, 7) is 5.24. The molecule has 1 heterocycles. The molecule has 1 aliphatic heterocycles. The second kappa shape index (κ2) is 5.34. The van der Waals surface area contributed by atoms with E-state index in [1.807, 2.05) is 26.0 Å². The number of ketones is 1. The summed E-state index contributed by atoms with van der Waals surface area (Å²) >= 11 is 0. The highest BCUT2D eigenvalue weighted by Crippen LogP contribution is 2.15. The first-order chi connectivity index (χ1) is 8.59. The minimum atomic E-state index is -0.363. The predicted molar refractivity (Wildman–Crippen MR) is 70.7 cm³/mol. The van der Waals surface area contributed by atoms with Crippen molar-refractivity contribution in [3.8, 4) is 0 Å². The van der Waals surface area contributed by atoms with Gasteiger partial charge in [-0.15, -0.1) is 0 Å². The van der Waals surface area contributed by atoms with E-state index in [9.17, 15) is 9.59 Å². The van der Waals surface area contributed by atoms with Gasteiger partial charge in [0.25, 0.3) is 11.7 Å².